The molecule has 3 aromatic rings. The van der Waals surface area contributed by atoms with Crippen molar-refractivity contribution in [3.05, 3.63) is 53.6 Å². The van der Waals surface area contributed by atoms with Crippen molar-refractivity contribution in [3.63, 3.8) is 0 Å². The summed E-state index contributed by atoms with van der Waals surface area (Å²) >= 11 is 6.51. The van der Waals surface area contributed by atoms with Crippen molar-refractivity contribution < 1.29 is 9.53 Å². The lowest BCUT2D eigenvalue weighted by Gasteiger charge is -2.29. The van der Waals surface area contributed by atoms with Gasteiger partial charge in [-0.25, -0.2) is 9.97 Å². The number of halogens is 1. The Bertz CT molecular complexity index is 1150. The molecule has 1 aliphatic heterocycles. The molecule has 0 spiro atoms. The minimum Gasteiger partial charge on any atom is -0.379 e. The lowest BCUT2D eigenvalue weighted by Crippen LogP contribution is -2.39. The second-order valence-corrected chi connectivity index (χ2v) is 9.70. The first-order chi connectivity index (χ1) is 17.5. The van der Waals surface area contributed by atoms with Crippen LogP contribution >= 0.6 is 11.6 Å². The van der Waals surface area contributed by atoms with Crippen LogP contribution in [0.15, 0.2) is 48.5 Å². The number of anilines is 1. The third-order valence-electron chi connectivity index (χ3n) is 6.63. The molecule has 7 nitrogen and oxygen atoms in total. The summed E-state index contributed by atoms with van der Waals surface area (Å²) < 4.78 is 5.49. The average Bonchev–Trinajstić information content (AvgIpc) is 2.91. The summed E-state index contributed by atoms with van der Waals surface area (Å²) in [6.45, 7) is 9.96. The minimum absolute atomic E-state index is 0.0622. The van der Waals surface area contributed by atoms with Crippen molar-refractivity contribution in [2.75, 3.05) is 50.8 Å². The number of para-hydroxylation sites is 1. The summed E-state index contributed by atoms with van der Waals surface area (Å²) in [5.74, 6) is 1.50. The number of carbonyl (C=O) groups excluding carboxylic acids is 1. The molecule has 36 heavy (non-hydrogen) atoms. The van der Waals surface area contributed by atoms with Crippen molar-refractivity contribution >= 4 is 34.2 Å². The number of morpholine rings is 1. The summed E-state index contributed by atoms with van der Waals surface area (Å²) in [4.78, 5) is 27.2. The molecule has 1 aromatic heterocycles. The lowest BCUT2D eigenvalue weighted by molar-refractivity contribution is -0.121. The average molecular weight is 510 g/mol. The van der Waals surface area contributed by atoms with Crippen molar-refractivity contribution in [2.24, 2.45) is 0 Å². The van der Waals surface area contributed by atoms with Crippen molar-refractivity contribution in [1.82, 2.24) is 20.2 Å². The maximum absolute atomic E-state index is 12.7. The van der Waals surface area contributed by atoms with E-state index in [1.54, 1.807) is 0 Å². The van der Waals surface area contributed by atoms with E-state index < -0.39 is 0 Å². The molecule has 1 saturated heterocycles. The highest BCUT2D eigenvalue weighted by atomic mass is 35.5. The van der Waals surface area contributed by atoms with E-state index in [0.29, 0.717) is 23.8 Å². The van der Waals surface area contributed by atoms with Gasteiger partial charge in [0.15, 0.2) is 5.82 Å². The number of rotatable bonds is 11. The molecule has 4 rings (SSSR count). The molecule has 1 fully saturated rings. The molecule has 1 amide bonds. The van der Waals surface area contributed by atoms with E-state index in [1.807, 2.05) is 49.4 Å². The summed E-state index contributed by atoms with van der Waals surface area (Å²) in [6, 6.07) is 15.9. The highest BCUT2D eigenvalue weighted by Crippen LogP contribution is 2.31. The zero-order valence-corrected chi connectivity index (χ0v) is 22.0. The van der Waals surface area contributed by atoms with E-state index in [2.05, 4.69) is 28.1 Å². The number of benzene rings is 2. The largest absolute Gasteiger partial charge is 0.379 e. The van der Waals surface area contributed by atoms with E-state index in [4.69, 9.17) is 26.3 Å². The molecule has 0 radical (unpaired) electrons. The fourth-order valence-electron chi connectivity index (χ4n) is 4.38. The van der Waals surface area contributed by atoms with Gasteiger partial charge in [-0.3, -0.25) is 9.69 Å². The Kier molecular flexibility index (Phi) is 9.50. The maximum atomic E-state index is 12.7. The predicted octanol–water partition coefficient (Wildman–Crippen LogP) is 4.78. The molecule has 1 aliphatic rings. The summed E-state index contributed by atoms with van der Waals surface area (Å²) in [5.41, 5.74) is 1.66. The van der Waals surface area contributed by atoms with Crippen LogP contribution in [-0.2, 0) is 9.53 Å². The monoisotopic (exact) mass is 509 g/mol. The molecule has 0 unspecified atom stereocenters. The molecular weight excluding hydrogens is 474 g/mol. The van der Waals surface area contributed by atoms with Gasteiger partial charge in [0.2, 0.25) is 5.91 Å². The molecule has 0 aliphatic carbocycles. The molecule has 8 heteroatoms. The Morgan fingerprint density at radius 1 is 1.11 bits per heavy atom. The quantitative estimate of drug-likeness (QED) is 0.401. The molecule has 2 aromatic carbocycles. The van der Waals surface area contributed by atoms with Gasteiger partial charge in [0, 0.05) is 56.1 Å². The van der Waals surface area contributed by atoms with Crippen LogP contribution in [0.4, 0.5) is 5.82 Å². The van der Waals surface area contributed by atoms with Crippen molar-refractivity contribution in [2.45, 2.75) is 39.2 Å². The number of amides is 1. The van der Waals surface area contributed by atoms with Gasteiger partial charge in [0.05, 0.1) is 23.8 Å². The molecule has 1 N–H and O–H groups in total. The molecule has 192 valence electrons. The van der Waals surface area contributed by atoms with Gasteiger partial charge in [-0.05, 0) is 44.0 Å². The lowest BCUT2D eigenvalue weighted by atomic mass is 10.1. The third kappa shape index (κ3) is 6.93. The normalized spacial score (nSPS) is 15.1. The van der Waals surface area contributed by atoms with E-state index in [1.165, 1.54) is 0 Å². The second kappa shape index (κ2) is 13.0. The topological polar surface area (TPSA) is 70.6 Å². The van der Waals surface area contributed by atoms with E-state index in [9.17, 15) is 4.79 Å². The van der Waals surface area contributed by atoms with Crippen LogP contribution in [0.3, 0.4) is 0 Å². The molecule has 2 heterocycles. The van der Waals surface area contributed by atoms with Crippen molar-refractivity contribution in [3.8, 4) is 11.4 Å². The van der Waals surface area contributed by atoms with Gasteiger partial charge in [-0.2, -0.15) is 0 Å². The number of ether oxygens (including phenoxy) is 1. The first-order valence-corrected chi connectivity index (χ1v) is 13.3. The van der Waals surface area contributed by atoms with Crippen LogP contribution in [-0.4, -0.2) is 72.8 Å². The number of hydrogen-bond donors (Lipinski definition) is 1. The molecule has 1 atom stereocenters. The number of hydrogen-bond acceptors (Lipinski definition) is 6. The smallest absolute Gasteiger partial charge is 0.221 e. The third-order valence-corrected chi connectivity index (χ3v) is 6.96. The van der Waals surface area contributed by atoms with Gasteiger partial charge >= 0.3 is 0 Å². The number of carbonyl (C=O) groups is 1. The Hall–Kier alpha value is -2.74. The highest BCUT2D eigenvalue weighted by Gasteiger charge is 2.19. The molecule has 0 bridgehead atoms. The van der Waals surface area contributed by atoms with Crippen LogP contribution in [0, 0.1) is 0 Å². The Morgan fingerprint density at radius 3 is 2.64 bits per heavy atom. The van der Waals surface area contributed by atoms with Gasteiger partial charge in [-0.15, -0.1) is 0 Å². The summed E-state index contributed by atoms with van der Waals surface area (Å²) in [5, 5.41) is 4.68. The minimum atomic E-state index is 0.0622. The summed E-state index contributed by atoms with van der Waals surface area (Å²) in [7, 11) is 0. The van der Waals surface area contributed by atoms with Gasteiger partial charge in [0.1, 0.15) is 5.82 Å². The van der Waals surface area contributed by atoms with Gasteiger partial charge in [-0.1, -0.05) is 42.8 Å². The van der Waals surface area contributed by atoms with Crippen LogP contribution in [0.1, 0.15) is 33.1 Å². The zero-order valence-electron chi connectivity index (χ0n) is 21.3. The summed E-state index contributed by atoms with van der Waals surface area (Å²) in [6.07, 6.45) is 2.28. The Balaban J connectivity index is 1.62. The molecular formula is C28H36ClN5O2. The number of nitrogens with one attached hydrogen (secondary N) is 1. The zero-order chi connectivity index (χ0) is 25.3. The van der Waals surface area contributed by atoms with Crippen LogP contribution in [0.2, 0.25) is 5.02 Å². The second-order valence-electron chi connectivity index (χ2n) is 9.29. The Labute approximate surface area is 218 Å². The standard InChI is InChI=1S/C28H36ClN5O2/c1-3-21(2)30-26(35)13-16-34(15-8-14-33-17-19-36-20-18-33)28-23-10-5-7-12-25(23)31-27(32-28)22-9-4-6-11-24(22)29/h4-7,9-12,21H,3,8,13-20H2,1-2H3,(H,30,35)/t21-/m0/s1. The SMILES string of the molecule is CC[C@H](C)NC(=O)CCN(CCCN1CCOCC1)c1nc(-c2ccccc2Cl)nc2ccccc12. The van der Waals surface area contributed by atoms with Crippen LogP contribution in [0.25, 0.3) is 22.3 Å². The van der Waals surface area contributed by atoms with Gasteiger partial charge < -0.3 is 15.0 Å². The van der Waals surface area contributed by atoms with E-state index >= 15 is 0 Å². The first-order valence-electron chi connectivity index (χ1n) is 12.9. The maximum Gasteiger partial charge on any atom is 0.221 e. The van der Waals surface area contributed by atoms with Crippen LogP contribution in [0.5, 0.6) is 0 Å². The van der Waals surface area contributed by atoms with Gasteiger partial charge in [0.25, 0.3) is 0 Å². The predicted molar refractivity (Wildman–Crippen MR) is 147 cm³/mol. The fourth-order valence-corrected chi connectivity index (χ4v) is 4.60. The van der Waals surface area contributed by atoms with E-state index in [-0.39, 0.29) is 11.9 Å². The first kappa shape index (κ1) is 26.3. The Morgan fingerprint density at radius 2 is 1.86 bits per heavy atom. The van der Waals surface area contributed by atoms with E-state index in [0.717, 1.165) is 74.5 Å². The highest BCUT2D eigenvalue weighted by molar-refractivity contribution is 6.33. The van der Waals surface area contributed by atoms with Crippen molar-refractivity contribution in [1.29, 1.82) is 0 Å². The fraction of sp³-hybridized carbons (Fsp3) is 0.464. The van der Waals surface area contributed by atoms with Crippen LogP contribution < -0.4 is 10.2 Å². The molecule has 0 saturated carbocycles. The number of nitrogens with zero attached hydrogens (tertiary/aromatic N) is 4. The number of aromatic nitrogens is 2. The number of fused-ring (bicyclic) bond motifs is 1.